The van der Waals surface area contributed by atoms with Crippen molar-refractivity contribution in [1.29, 1.82) is 0 Å². The number of carbonyl (C=O) groups excluding carboxylic acids is 1. The first-order chi connectivity index (χ1) is 15.3. The standard InChI is InChI=1S/C23H27FN2O5S/c1-2-30-20-7-3-18(4-8-20)17-22(27)25-13-11-23(12-14-25)26(15-16-31-23)32(28,29)21-9-5-19(24)6-10-21/h3-10H,2,11-17H2,1H3. The second kappa shape index (κ2) is 9.17. The minimum Gasteiger partial charge on any atom is -0.494 e. The summed E-state index contributed by atoms with van der Waals surface area (Å²) in [5.41, 5.74) is -0.0697. The zero-order valence-corrected chi connectivity index (χ0v) is 18.8. The van der Waals surface area contributed by atoms with Gasteiger partial charge < -0.3 is 14.4 Å². The zero-order valence-electron chi connectivity index (χ0n) is 18.0. The molecule has 0 N–H and O–H groups in total. The molecular weight excluding hydrogens is 435 g/mol. The number of ether oxygens (including phenoxy) is 2. The van der Waals surface area contributed by atoms with E-state index in [4.69, 9.17) is 9.47 Å². The Morgan fingerprint density at radius 3 is 2.34 bits per heavy atom. The fraction of sp³-hybridized carbons (Fsp3) is 0.435. The van der Waals surface area contributed by atoms with Crippen LogP contribution in [0.1, 0.15) is 25.3 Å². The molecule has 0 unspecified atom stereocenters. The van der Waals surface area contributed by atoms with E-state index in [1.165, 1.54) is 16.4 Å². The van der Waals surface area contributed by atoms with Gasteiger partial charge in [-0.2, -0.15) is 4.31 Å². The molecule has 0 atom stereocenters. The van der Waals surface area contributed by atoms with Crippen molar-refractivity contribution in [2.45, 2.75) is 36.8 Å². The van der Waals surface area contributed by atoms with E-state index in [1.807, 2.05) is 31.2 Å². The summed E-state index contributed by atoms with van der Waals surface area (Å²) in [4.78, 5) is 14.6. The molecule has 32 heavy (non-hydrogen) atoms. The molecule has 0 bridgehead atoms. The van der Waals surface area contributed by atoms with Crippen LogP contribution in [-0.4, -0.2) is 62.1 Å². The summed E-state index contributed by atoms with van der Waals surface area (Å²) in [5.74, 6) is 0.273. The minimum absolute atomic E-state index is 0.00468. The zero-order chi connectivity index (χ0) is 22.8. The fourth-order valence-corrected chi connectivity index (χ4v) is 6.05. The second-order valence-corrected chi connectivity index (χ2v) is 9.82. The summed E-state index contributed by atoms with van der Waals surface area (Å²) < 4.78 is 52.4. The van der Waals surface area contributed by atoms with Gasteiger partial charge in [0.25, 0.3) is 0 Å². The van der Waals surface area contributed by atoms with Gasteiger partial charge in [0.1, 0.15) is 17.3 Å². The molecule has 1 amide bonds. The lowest BCUT2D eigenvalue weighted by atomic mass is 10.00. The molecule has 2 fully saturated rings. The lowest BCUT2D eigenvalue weighted by Crippen LogP contribution is -2.55. The van der Waals surface area contributed by atoms with E-state index in [2.05, 4.69) is 0 Å². The summed E-state index contributed by atoms with van der Waals surface area (Å²) in [5, 5.41) is 0. The molecule has 2 aliphatic rings. The number of hydrogen-bond donors (Lipinski definition) is 0. The van der Waals surface area contributed by atoms with Crippen molar-refractivity contribution in [2.75, 3.05) is 32.8 Å². The molecule has 0 aromatic heterocycles. The Morgan fingerprint density at radius 2 is 1.72 bits per heavy atom. The first-order valence-corrected chi connectivity index (χ1v) is 12.2. The topological polar surface area (TPSA) is 76.2 Å². The predicted octanol–water partition coefficient (Wildman–Crippen LogP) is 2.81. The Morgan fingerprint density at radius 1 is 1.06 bits per heavy atom. The maximum atomic E-state index is 13.3. The third-order valence-corrected chi connectivity index (χ3v) is 7.97. The molecule has 2 aromatic rings. The van der Waals surface area contributed by atoms with Crippen molar-refractivity contribution >= 4 is 15.9 Å². The van der Waals surface area contributed by atoms with E-state index < -0.39 is 21.6 Å². The van der Waals surface area contributed by atoms with Gasteiger partial charge in [-0.1, -0.05) is 12.1 Å². The van der Waals surface area contributed by atoms with E-state index in [9.17, 15) is 17.6 Å². The summed E-state index contributed by atoms with van der Waals surface area (Å²) >= 11 is 0. The third kappa shape index (κ3) is 4.51. The molecule has 9 heteroatoms. The maximum Gasteiger partial charge on any atom is 0.245 e. The number of nitrogens with zero attached hydrogens (tertiary/aromatic N) is 2. The molecule has 0 radical (unpaired) electrons. The van der Waals surface area contributed by atoms with Crippen LogP contribution < -0.4 is 4.74 Å². The minimum atomic E-state index is -3.83. The summed E-state index contributed by atoms with van der Waals surface area (Å²) in [6.45, 7) is 3.85. The molecule has 2 heterocycles. The van der Waals surface area contributed by atoms with Crippen LogP contribution in [0.15, 0.2) is 53.4 Å². The van der Waals surface area contributed by atoms with Crippen LogP contribution in [0.4, 0.5) is 4.39 Å². The largest absolute Gasteiger partial charge is 0.494 e. The molecular formula is C23H27FN2O5S. The van der Waals surface area contributed by atoms with Gasteiger partial charge in [0.05, 0.1) is 24.5 Å². The first-order valence-electron chi connectivity index (χ1n) is 10.8. The van der Waals surface area contributed by atoms with Gasteiger partial charge in [0, 0.05) is 32.5 Å². The van der Waals surface area contributed by atoms with E-state index >= 15 is 0 Å². The van der Waals surface area contributed by atoms with Gasteiger partial charge in [0.15, 0.2) is 0 Å². The summed E-state index contributed by atoms with van der Waals surface area (Å²) in [6, 6.07) is 12.3. The van der Waals surface area contributed by atoms with Gasteiger partial charge in [-0.25, -0.2) is 12.8 Å². The van der Waals surface area contributed by atoms with Gasteiger partial charge in [0.2, 0.25) is 15.9 Å². The van der Waals surface area contributed by atoms with E-state index in [0.717, 1.165) is 23.4 Å². The highest BCUT2D eigenvalue weighted by Crippen LogP contribution is 2.38. The van der Waals surface area contributed by atoms with Crippen molar-refractivity contribution in [1.82, 2.24) is 9.21 Å². The highest BCUT2D eigenvalue weighted by atomic mass is 32.2. The number of likely N-dealkylation sites (tertiary alicyclic amines) is 1. The van der Waals surface area contributed by atoms with Crippen molar-refractivity contribution in [2.24, 2.45) is 0 Å². The lowest BCUT2D eigenvalue weighted by molar-refractivity contribution is -0.139. The number of hydrogen-bond acceptors (Lipinski definition) is 5. The smallest absolute Gasteiger partial charge is 0.245 e. The predicted molar refractivity (Wildman–Crippen MR) is 116 cm³/mol. The van der Waals surface area contributed by atoms with Crippen LogP contribution in [0.25, 0.3) is 0 Å². The van der Waals surface area contributed by atoms with Crippen LogP contribution in [0.3, 0.4) is 0 Å². The van der Waals surface area contributed by atoms with E-state index in [1.54, 1.807) is 4.90 Å². The molecule has 172 valence electrons. The number of rotatable bonds is 6. The highest BCUT2D eigenvalue weighted by Gasteiger charge is 2.50. The number of sulfonamides is 1. The monoisotopic (exact) mass is 462 g/mol. The number of halogens is 1. The SMILES string of the molecule is CCOc1ccc(CC(=O)N2CCC3(CC2)OCCN3S(=O)(=O)c2ccc(F)cc2)cc1. The lowest BCUT2D eigenvalue weighted by Gasteiger charge is -2.42. The van der Waals surface area contributed by atoms with Crippen molar-refractivity contribution in [3.63, 3.8) is 0 Å². The van der Waals surface area contributed by atoms with Crippen LogP contribution in [0.2, 0.25) is 0 Å². The maximum absolute atomic E-state index is 13.3. The molecule has 2 aliphatic heterocycles. The number of benzene rings is 2. The summed E-state index contributed by atoms with van der Waals surface area (Å²) in [6.07, 6.45) is 1.06. The second-order valence-electron chi connectivity index (χ2n) is 7.96. The summed E-state index contributed by atoms with van der Waals surface area (Å²) in [7, 11) is -3.83. The molecule has 2 aromatic carbocycles. The van der Waals surface area contributed by atoms with Gasteiger partial charge in [-0.15, -0.1) is 0 Å². The Kier molecular flexibility index (Phi) is 6.50. The Labute approximate surface area is 187 Å². The Balaban J connectivity index is 1.41. The average Bonchev–Trinajstić information content (AvgIpc) is 3.20. The van der Waals surface area contributed by atoms with E-state index in [-0.39, 0.29) is 23.8 Å². The van der Waals surface area contributed by atoms with Crippen LogP contribution in [0, 0.1) is 5.82 Å². The molecule has 0 saturated carbocycles. The van der Waals surface area contributed by atoms with Gasteiger partial charge >= 0.3 is 0 Å². The van der Waals surface area contributed by atoms with Crippen LogP contribution in [-0.2, 0) is 26.0 Å². The highest BCUT2D eigenvalue weighted by molar-refractivity contribution is 7.89. The third-order valence-electron chi connectivity index (χ3n) is 6.01. The Bertz CT molecular complexity index is 1050. The first kappa shape index (κ1) is 22.7. The normalized spacial score (nSPS) is 18.8. The average molecular weight is 463 g/mol. The van der Waals surface area contributed by atoms with E-state index in [0.29, 0.717) is 39.1 Å². The van der Waals surface area contributed by atoms with Crippen molar-refractivity contribution < 1.29 is 27.1 Å². The van der Waals surface area contributed by atoms with Crippen molar-refractivity contribution in [3.8, 4) is 5.75 Å². The molecule has 0 aliphatic carbocycles. The molecule has 4 rings (SSSR count). The number of carbonyl (C=O) groups is 1. The number of amides is 1. The van der Waals surface area contributed by atoms with Gasteiger partial charge in [-0.05, 0) is 48.9 Å². The molecule has 7 nitrogen and oxygen atoms in total. The van der Waals surface area contributed by atoms with Crippen LogP contribution >= 0.6 is 0 Å². The van der Waals surface area contributed by atoms with Crippen LogP contribution in [0.5, 0.6) is 5.75 Å². The number of piperidine rings is 1. The fourth-order valence-electron chi connectivity index (χ4n) is 4.32. The molecule has 1 spiro atoms. The van der Waals surface area contributed by atoms with Gasteiger partial charge in [-0.3, -0.25) is 4.79 Å². The Hall–Kier alpha value is -2.49. The quantitative estimate of drug-likeness (QED) is 0.660. The molecule has 2 saturated heterocycles. The van der Waals surface area contributed by atoms with Crippen molar-refractivity contribution in [3.05, 3.63) is 59.9 Å².